The van der Waals surface area contributed by atoms with Gasteiger partial charge in [0.1, 0.15) is 0 Å². The van der Waals surface area contributed by atoms with E-state index in [0.29, 0.717) is 0 Å². The summed E-state index contributed by atoms with van der Waals surface area (Å²) in [6.07, 6.45) is 5.45. The van der Waals surface area contributed by atoms with Crippen molar-refractivity contribution in [1.29, 1.82) is 0 Å². The number of halogens is 1. The second-order valence-electron chi connectivity index (χ2n) is 4.53. The quantitative estimate of drug-likeness (QED) is 0.530. The molecule has 0 spiro atoms. The fourth-order valence-corrected chi connectivity index (χ4v) is 2.26. The molecule has 0 amide bonds. The highest BCUT2D eigenvalue weighted by Gasteiger charge is 2.30. The van der Waals surface area contributed by atoms with Crippen molar-refractivity contribution in [2.45, 2.75) is 51.3 Å². The maximum Gasteiger partial charge on any atom is 0.0418 e. The van der Waals surface area contributed by atoms with Gasteiger partial charge in [-0.1, -0.05) is 19.8 Å². The molecule has 0 aromatic rings. The third-order valence-electron chi connectivity index (χ3n) is 2.91. The lowest BCUT2D eigenvalue weighted by atomic mass is 9.76. The van der Waals surface area contributed by atoms with Crippen molar-refractivity contribution in [3.8, 4) is 0 Å². The lowest BCUT2D eigenvalue weighted by Gasteiger charge is -2.34. The Kier molecular flexibility index (Phi) is 2.85. The van der Waals surface area contributed by atoms with E-state index in [1.807, 2.05) is 0 Å². The molecular weight excluding hydrogens is 156 g/mol. The molecule has 1 aliphatic carbocycles. The van der Waals surface area contributed by atoms with Crippen molar-refractivity contribution >= 4 is 11.6 Å². The van der Waals surface area contributed by atoms with E-state index in [2.05, 4.69) is 20.8 Å². The molecule has 2 atom stereocenters. The van der Waals surface area contributed by atoms with E-state index in [4.69, 9.17) is 11.6 Å². The molecule has 0 N–H and O–H groups in total. The third kappa shape index (κ3) is 2.66. The molecule has 0 bridgehead atoms. The van der Waals surface area contributed by atoms with E-state index in [1.165, 1.54) is 25.7 Å². The van der Waals surface area contributed by atoms with Gasteiger partial charge in [0.25, 0.3) is 0 Å². The van der Waals surface area contributed by atoms with Crippen LogP contribution in [0.1, 0.15) is 46.5 Å². The van der Waals surface area contributed by atoms with Crippen LogP contribution in [0.2, 0.25) is 0 Å². The molecule has 0 heterocycles. The predicted molar refractivity (Wildman–Crippen MR) is 51.1 cm³/mol. The standard InChI is InChI=1S/C10H19Cl/c1-8-5-4-6-9(7-8)10(2,3)11/h8-9H,4-7H2,1-3H3. The molecule has 0 radical (unpaired) electrons. The number of alkyl halides is 1. The SMILES string of the molecule is CC1CCCC(C(C)(C)Cl)C1. The molecule has 0 nitrogen and oxygen atoms in total. The Morgan fingerprint density at radius 2 is 1.91 bits per heavy atom. The molecule has 66 valence electrons. The van der Waals surface area contributed by atoms with Gasteiger partial charge in [0.2, 0.25) is 0 Å². The van der Waals surface area contributed by atoms with E-state index in [1.54, 1.807) is 0 Å². The van der Waals surface area contributed by atoms with Gasteiger partial charge in [-0.2, -0.15) is 0 Å². The van der Waals surface area contributed by atoms with Crippen LogP contribution in [0.4, 0.5) is 0 Å². The lowest BCUT2D eigenvalue weighted by molar-refractivity contribution is 0.241. The van der Waals surface area contributed by atoms with Crippen molar-refractivity contribution in [2.75, 3.05) is 0 Å². The second kappa shape index (κ2) is 3.35. The Hall–Kier alpha value is 0.290. The van der Waals surface area contributed by atoms with Gasteiger partial charge in [-0.15, -0.1) is 11.6 Å². The summed E-state index contributed by atoms with van der Waals surface area (Å²) < 4.78 is 0. The van der Waals surface area contributed by atoms with Gasteiger partial charge in [0.15, 0.2) is 0 Å². The first kappa shape index (κ1) is 9.38. The van der Waals surface area contributed by atoms with E-state index in [9.17, 15) is 0 Å². The van der Waals surface area contributed by atoms with Gasteiger partial charge in [-0.25, -0.2) is 0 Å². The molecule has 11 heavy (non-hydrogen) atoms. The average molecular weight is 175 g/mol. The van der Waals surface area contributed by atoms with Crippen molar-refractivity contribution in [3.05, 3.63) is 0 Å². The van der Waals surface area contributed by atoms with Gasteiger partial charge in [-0.05, 0) is 38.5 Å². The highest BCUT2D eigenvalue weighted by Crippen LogP contribution is 2.38. The zero-order valence-corrected chi connectivity index (χ0v) is 8.62. The molecule has 1 fully saturated rings. The minimum absolute atomic E-state index is 0.0225. The molecule has 0 aromatic heterocycles. The van der Waals surface area contributed by atoms with E-state index in [-0.39, 0.29) is 4.87 Å². The number of hydrogen-bond donors (Lipinski definition) is 0. The van der Waals surface area contributed by atoms with Crippen LogP contribution in [-0.4, -0.2) is 4.87 Å². The summed E-state index contributed by atoms with van der Waals surface area (Å²) >= 11 is 6.28. The highest BCUT2D eigenvalue weighted by atomic mass is 35.5. The van der Waals surface area contributed by atoms with Gasteiger partial charge in [0, 0.05) is 4.87 Å². The maximum absolute atomic E-state index is 6.28. The highest BCUT2D eigenvalue weighted by molar-refractivity contribution is 6.23. The molecule has 2 unspecified atom stereocenters. The molecule has 1 heteroatoms. The second-order valence-corrected chi connectivity index (χ2v) is 5.51. The summed E-state index contributed by atoms with van der Waals surface area (Å²) in [6.45, 7) is 6.64. The summed E-state index contributed by atoms with van der Waals surface area (Å²) in [5.74, 6) is 1.64. The monoisotopic (exact) mass is 174 g/mol. The zero-order chi connectivity index (χ0) is 8.48. The lowest BCUT2D eigenvalue weighted by Crippen LogP contribution is -2.29. The Balaban J connectivity index is 2.46. The average Bonchev–Trinajstić information content (AvgIpc) is 1.86. The fraction of sp³-hybridized carbons (Fsp3) is 1.00. The summed E-state index contributed by atoms with van der Waals surface area (Å²) in [5.41, 5.74) is 0. The molecule has 0 aromatic carbocycles. The predicted octanol–water partition coefficient (Wildman–Crippen LogP) is 3.83. The smallest absolute Gasteiger partial charge is 0.0418 e. The minimum Gasteiger partial charge on any atom is -0.120 e. The Labute approximate surface area is 75.3 Å². The van der Waals surface area contributed by atoms with E-state index in [0.717, 1.165) is 11.8 Å². The van der Waals surface area contributed by atoms with Gasteiger partial charge in [-0.3, -0.25) is 0 Å². The van der Waals surface area contributed by atoms with Crippen LogP contribution in [0.15, 0.2) is 0 Å². The van der Waals surface area contributed by atoms with Crippen LogP contribution in [0.25, 0.3) is 0 Å². The van der Waals surface area contributed by atoms with Crippen molar-refractivity contribution < 1.29 is 0 Å². The Morgan fingerprint density at radius 3 is 2.27 bits per heavy atom. The summed E-state index contributed by atoms with van der Waals surface area (Å²) in [4.78, 5) is 0.0225. The maximum atomic E-state index is 6.28. The van der Waals surface area contributed by atoms with Crippen LogP contribution < -0.4 is 0 Å². The topological polar surface area (TPSA) is 0 Å². The summed E-state index contributed by atoms with van der Waals surface area (Å²) in [6, 6.07) is 0. The number of rotatable bonds is 1. The first-order valence-corrected chi connectivity index (χ1v) is 5.07. The normalized spacial score (nSPS) is 33.8. The minimum atomic E-state index is 0.0225. The van der Waals surface area contributed by atoms with Gasteiger partial charge < -0.3 is 0 Å². The number of hydrogen-bond acceptors (Lipinski definition) is 0. The molecule has 0 aliphatic heterocycles. The van der Waals surface area contributed by atoms with E-state index < -0.39 is 0 Å². The van der Waals surface area contributed by atoms with Crippen molar-refractivity contribution in [2.24, 2.45) is 11.8 Å². The van der Waals surface area contributed by atoms with Gasteiger partial charge >= 0.3 is 0 Å². The Morgan fingerprint density at radius 1 is 1.27 bits per heavy atom. The zero-order valence-electron chi connectivity index (χ0n) is 7.86. The van der Waals surface area contributed by atoms with Crippen LogP contribution >= 0.6 is 11.6 Å². The summed E-state index contributed by atoms with van der Waals surface area (Å²) in [7, 11) is 0. The third-order valence-corrected chi connectivity index (χ3v) is 3.22. The Bertz CT molecular complexity index is 123. The fourth-order valence-electron chi connectivity index (χ4n) is 2.06. The van der Waals surface area contributed by atoms with Crippen LogP contribution in [-0.2, 0) is 0 Å². The molecule has 1 rings (SSSR count). The first-order valence-electron chi connectivity index (χ1n) is 4.69. The van der Waals surface area contributed by atoms with Gasteiger partial charge in [0.05, 0.1) is 0 Å². The largest absolute Gasteiger partial charge is 0.120 e. The van der Waals surface area contributed by atoms with Crippen LogP contribution in [0.5, 0.6) is 0 Å². The van der Waals surface area contributed by atoms with Crippen LogP contribution in [0, 0.1) is 11.8 Å². The van der Waals surface area contributed by atoms with Crippen molar-refractivity contribution in [1.82, 2.24) is 0 Å². The molecule has 1 aliphatic rings. The molecule has 1 saturated carbocycles. The van der Waals surface area contributed by atoms with E-state index >= 15 is 0 Å². The summed E-state index contributed by atoms with van der Waals surface area (Å²) in [5, 5.41) is 0. The molecule has 0 saturated heterocycles. The van der Waals surface area contributed by atoms with Crippen molar-refractivity contribution in [3.63, 3.8) is 0 Å². The molecular formula is C10H19Cl. The van der Waals surface area contributed by atoms with Crippen LogP contribution in [0.3, 0.4) is 0 Å². The first-order chi connectivity index (χ1) is 5.00.